The number of thioether (sulfide) groups is 1. The van der Waals surface area contributed by atoms with Crippen LogP contribution in [-0.2, 0) is 0 Å². The van der Waals surface area contributed by atoms with Gasteiger partial charge >= 0.3 is 0 Å². The topological polar surface area (TPSA) is 64.6 Å². The van der Waals surface area contributed by atoms with E-state index in [0.29, 0.717) is 34.9 Å². The van der Waals surface area contributed by atoms with Crippen molar-refractivity contribution < 1.29 is 9.18 Å². The van der Waals surface area contributed by atoms with Crippen molar-refractivity contribution in [3.8, 4) is 0 Å². The highest BCUT2D eigenvalue weighted by atomic mass is 32.2. The first-order valence-electron chi connectivity index (χ1n) is 8.00. The Balaban J connectivity index is 1.49. The molecule has 3 heterocycles. The van der Waals surface area contributed by atoms with Gasteiger partial charge in [0.1, 0.15) is 11.3 Å². The highest BCUT2D eigenvalue weighted by Gasteiger charge is 2.28. The monoisotopic (exact) mass is 347 g/mol. The number of fused-ring (bicyclic) bond motifs is 1. The molecule has 0 bridgehead atoms. The summed E-state index contributed by atoms with van der Waals surface area (Å²) in [7, 11) is 0. The lowest BCUT2D eigenvalue weighted by molar-refractivity contribution is 0.0695. The van der Waals surface area contributed by atoms with Crippen LogP contribution in [0.25, 0.3) is 11.0 Å². The molecule has 1 aromatic carbocycles. The number of imidazole rings is 1. The number of nitrogens with one attached hydrogen (secondary N) is 1. The molecule has 0 saturated carbocycles. The van der Waals surface area contributed by atoms with Crippen LogP contribution < -0.4 is 0 Å². The van der Waals surface area contributed by atoms with E-state index in [-0.39, 0.29) is 5.91 Å². The Labute approximate surface area is 143 Å². The molecule has 126 valence electrons. The van der Waals surface area contributed by atoms with Crippen molar-refractivity contribution in [3.05, 3.63) is 29.8 Å². The highest BCUT2D eigenvalue weighted by Crippen LogP contribution is 2.24. The third-order valence-electron chi connectivity index (χ3n) is 4.35. The maximum Gasteiger partial charge on any atom is 0.256 e. The first kappa shape index (κ1) is 15.4. The second-order valence-electron chi connectivity index (χ2n) is 6.08. The lowest BCUT2D eigenvalue weighted by Gasteiger charge is -2.35. The molecule has 0 spiro atoms. The molecule has 4 rings (SSSR count). The van der Waals surface area contributed by atoms with Gasteiger partial charge in [-0.05, 0) is 12.1 Å². The van der Waals surface area contributed by atoms with Crippen LogP contribution in [0.1, 0.15) is 17.3 Å². The number of benzene rings is 1. The average molecular weight is 347 g/mol. The minimum absolute atomic E-state index is 0.166. The maximum atomic E-state index is 13.8. The largest absolute Gasteiger partial charge is 0.348 e. The zero-order valence-corrected chi connectivity index (χ0v) is 14.1. The Bertz CT molecular complexity index is 812. The number of nitrogens with zero attached hydrogens (tertiary/aromatic N) is 4. The van der Waals surface area contributed by atoms with Crippen molar-refractivity contribution in [2.24, 2.45) is 4.99 Å². The number of hydrogen-bond acceptors (Lipinski definition) is 5. The van der Waals surface area contributed by atoms with E-state index in [0.717, 1.165) is 24.8 Å². The van der Waals surface area contributed by atoms with Gasteiger partial charge in [0.25, 0.3) is 5.91 Å². The van der Waals surface area contributed by atoms with Crippen LogP contribution in [0.4, 0.5) is 4.39 Å². The molecule has 1 aromatic heterocycles. The van der Waals surface area contributed by atoms with Crippen molar-refractivity contribution in [2.45, 2.75) is 12.2 Å². The van der Waals surface area contributed by atoms with Gasteiger partial charge in [-0.25, -0.2) is 9.37 Å². The molecule has 6 nitrogen and oxygen atoms in total. The Morgan fingerprint density at radius 1 is 1.33 bits per heavy atom. The van der Waals surface area contributed by atoms with Crippen LogP contribution in [0, 0.1) is 5.82 Å². The summed E-state index contributed by atoms with van der Waals surface area (Å²) < 4.78 is 13.8. The Kier molecular flexibility index (Phi) is 3.91. The van der Waals surface area contributed by atoms with Gasteiger partial charge in [0.05, 0.1) is 24.0 Å². The van der Waals surface area contributed by atoms with Crippen molar-refractivity contribution >= 4 is 33.9 Å². The molecule has 2 aliphatic rings. The zero-order chi connectivity index (χ0) is 16.7. The summed E-state index contributed by atoms with van der Waals surface area (Å²) in [5.74, 6) is -0.597. The number of aromatic nitrogens is 2. The molecule has 1 unspecified atom stereocenters. The van der Waals surface area contributed by atoms with Crippen LogP contribution in [0.3, 0.4) is 0 Å². The van der Waals surface area contributed by atoms with Crippen molar-refractivity contribution in [1.82, 2.24) is 19.8 Å². The highest BCUT2D eigenvalue weighted by molar-refractivity contribution is 8.14. The summed E-state index contributed by atoms with van der Waals surface area (Å²) in [6.07, 6.45) is 1.48. The van der Waals surface area contributed by atoms with Gasteiger partial charge in [-0.3, -0.25) is 9.79 Å². The SMILES string of the molecule is CC1CN=C(N2CCN(C(=O)c3cc(F)cc4[nH]cnc34)CC2)S1. The Morgan fingerprint density at radius 2 is 2.12 bits per heavy atom. The number of H-pyrrole nitrogens is 1. The number of carbonyl (C=O) groups excluding carboxylic acids is 1. The van der Waals surface area contributed by atoms with Crippen LogP contribution in [0.2, 0.25) is 0 Å². The Hall–Kier alpha value is -2.09. The van der Waals surface area contributed by atoms with E-state index >= 15 is 0 Å². The van der Waals surface area contributed by atoms with E-state index in [1.165, 1.54) is 18.5 Å². The molecule has 1 atom stereocenters. The predicted octanol–water partition coefficient (Wildman–Crippen LogP) is 1.95. The number of carbonyl (C=O) groups is 1. The molecular weight excluding hydrogens is 329 g/mol. The summed E-state index contributed by atoms with van der Waals surface area (Å²) in [5, 5.41) is 1.61. The molecule has 0 radical (unpaired) electrons. The maximum absolute atomic E-state index is 13.8. The fourth-order valence-electron chi connectivity index (χ4n) is 3.08. The van der Waals surface area contributed by atoms with Crippen molar-refractivity contribution in [3.63, 3.8) is 0 Å². The molecule has 24 heavy (non-hydrogen) atoms. The smallest absolute Gasteiger partial charge is 0.256 e. The molecule has 1 fully saturated rings. The minimum atomic E-state index is -0.431. The van der Waals surface area contributed by atoms with Gasteiger partial charge in [0.15, 0.2) is 5.17 Å². The van der Waals surface area contributed by atoms with E-state index in [1.807, 2.05) is 0 Å². The van der Waals surface area contributed by atoms with Gasteiger partial charge in [-0.1, -0.05) is 18.7 Å². The third-order valence-corrected chi connectivity index (χ3v) is 5.50. The van der Waals surface area contributed by atoms with E-state index < -0.39 is 5.82 Å². The molecule has 1 amide bonds. The van der Waals surface area contributed by atoms with E-state index in [2.05, 4.69) is 26.8 Å². The lowest BCUT2D eigenvalue weighted by atomic mass is 10.1. The van der Waals surface area contributed by atoms with Crippen molar-refractivity contribution in [2.75, 3.05) is 32.7 Å². The second kappa shape index (κ2) is 6.08. The molecule has 2 aromatic rings. The number of halogens is 1. The molecule has 2 aliphatic heterocycles. The van der Waals surface area contributed by atoms with Gasteiger partial charge in [0, 0.05) is 31.4 Å². The summed E-state index contributed by atoms with van der Waals surface area (Å²) in [6.45, 7) is 5.75. The Morgan fingerprint density at radius 3 is 2.83 bits per heavy atom. The van der Waals surface area contributed by atoms with Crippen LogP contribution in [0.5, 0.6) is 0 Å². The van der Waals surface area contributed by atoms with Crippen LogP contribution in [-0.4, -0.2) is 68.8 Å². The molecular formula is C16H18FN5OS. The van der Waals surface area contributed by atoms with E-state index in [1.54, 1.807) is 16.7 Å². The molecule has 8 heteroatoms. The second-order valence-corrected chi connectivity index (χ2v) is 7.49. The number of hydrogen-bond donors (Lipinski definition) is 1. The van der Waals surface area contributed by atoms with Gasteiger partial charge < -0.3 is 14.8 Å². The molecule has 1 saturated heterocycles. The first-order valence-corrected chi connectivity index (χ1v) is 8.88. The van der Waals surface area contributed by atoms with E-state index in [4.69, 9.17) is 0 Å². The molecule has 0 aliphatic carbocycles. The van der Waals surface area contributed by atoms with Gasteiger partial charge in [-0.15, -0.1) is 0 Å². The first-order chi connectivity index (χ1) is 11.6. The van der Waals surface area contributed by atoms with Gasteiger partial charge in [-0.2, -0.15) is 0 Å². The van der Waals surface area contributed by atoms with Crippen LogP contribution >= 0.6 is 11.8 Å². The normalized spacial score (nSPS) is 21.4. The fraction of sp³-hybridized carbons (Fsp3) is 0.438. The number of amides is 1. The van der Waals surface area contributed by atoms with Gasteiger partial charge in [0.2, 0.25) is 0 Å². The summed E-state index contributed by atoms with van der Waals surface area (Å²) in [5.41, 5.74) is 1.39. The quantitative estimate of drug-likeness (QED) is 0.856. The number of amidine groups is 1. The lowest BCUT2D eigenvalue weighted by Crippen LogP contribution is -2.49. The summed E-state index contributed by atoms with van der Waals surface area (Å²) in [4.78, 5) is 28.4. The number of rotatable bonds is 1. The number of piperazine rings is 1. The minimum Gasteiger partial charge on any atom is -0.348 e. The number of aromatic amines is 1. The average Bonchev–Trinajstić information content (AvgIpc) is 3.22. The van der Waals surface area contributed by atoms with E-state index in [9.17, 15) is 9.18 Å². The zero-order valence-electron chi connectivity index (χ0n) is 13.3. The predicted molar refractivity (Wildman–Crippen MR) is 92.9 cm³/mol. The van der Waals surface area contributed by atoms with Crippen LogP contribution in [0.15, 0.2) is 23.5 Å². The standard InChI is InChI=1S/C16H18FN5OS/c1-10-8-18-16(24-10)22-4-2-21(3-5-22)15(23)12-6-11(17)7-13-14(12)20-9-19-13/h6-7,9-10H,2-5,8H2,1H3,(H,19,20). The third kappa shape index (κ3) is 2.75. The number of aliphatic imine (C=N–C) groups is 1. The van der Waals surface area contributed by atoms with Crippen molar-refractivity contribution in [1.29, 1.82) is 0 Å². The fourth-order valence-corrected chi connectivity index (χ4v) is 4.07. The summed E-state index contributed by atoms with van der Waals surface area (Å²) in [6, 6.07) is 2.63. The molecule has 1 N–H and O–H groups in total. The summed E-state index contributed by atoms with van der Waals surface area (Å²) >= 11 is 1.79.